The monoisotopic (exact) mass is 224 g/mol. The number of carbonyl (C=O) groups excluding carboxylic acids is 1. The molecule has 4 heteroatoms. The van der Waals surface area contributed by atoms with Gasteiger partial charge >= 0.3 is 5.97 Å². The number of ether oxygens (including phenoxy) is 3. The van der Waals surface area contributed by atoms with Crippen molar-refractivity contribution in [3.8, 4) is 5.75 Å². The van der Waals surface area contributed by atoms with Gasteiger partial charge in [0, 0.05) is 6.61 Å². The number of hydrogen-bond acceptors (Lipinski definition) is 4. The fourth-order valence-electron chi connectivity index (χ4n) is 1.07. The van der Waals surface area contributed by atoms with E-state index in [4.69, 9.17) is 14.2 Å². The Morgan fingerprint density at radius 3 is 2.50 bits per heavy atom. The molecule has 0 bridgehead atoms. The predicted molar refractivity (Wildman–Crippen MR) is 59.4 cm³/mol. The maximum Gasteiger partial charge on any atom is 0.337 e. The molecule has 1 rings (SSSR count). The number of esters is 1. The number of para-hydroxylation sites is 1. The van der Waals surface area contributed by atoms with Gasteiger partial charge in [0.05, 0.1) is 13.2 Å². The summed E-state index contributed by atoms with van der Waals surface area (Å²) >= 11 is 0. The summed E-state index contributed by atoms with van der Waals surface area (Å²) in [5.74, 6) is 0.128. The van der Waals surface area contributed by atoms with Gasteiger partial charge in [-0.15, -0.1) is 0 Å². The van der Waals surface area contributed by atoms with E-state index in [1.165, 1.54) is 0 Å². The van der Waals surface area contributed by atoms with Crippen LogP contribution in [0.2, 0.25) is 0 Å². The van der Waals surface area contributed by atoms with E-state index in [-0.39, 0.29) is 6.61 Å². The van der Waals surface area contributed by atoms with Crippen LogP contribution in [-0.4, -0.2) is 32.4 Å². The molecule has 0 saturated heterocycles. The van der Waals surface area contributed by atoms with Gasteiger partial charge in [0.15, 0.2) is 0 Å². The van der Waals surface area contributed by atoms with Crippen molar-refractivity contribution in [1.29, 1.82) is 0 Å². The van der Waals surface area contributed by atoms with Crippen molar-refractivity contribution in [2.45, 2.75) is 6.92 Å². The molecule has 1 aromatic rings. The standard InChI is InChI=1S/C12H16O4/c1-2-14-8-9-15-10-12(13)16-11-6-4-3-5-7-11/h3-7H,2,8-10H2,1H3. The van der Waals surface area contributed by atoms with E-state index in [0.29, 0.717) is 25.6 Å². The van der Waals surface area contributed by atoms with E-state index in [9.17, 15) is 4.79 Å². The summed E-state index contributed by atoms with van der Waals surface area (Å²) in [6.45, 7) is 3.40. The normalized spacial score (nSPS) is 10.1. The first-order valence-electron chi connectivity index (χ1n) is 5.24. The highest BCUT2D eigenvalue weighted by Crippen LogP contribution is 2.08. The second-order valence-electron chi connectivity index (χ2n) is 3.04. The molecule has 0 saturated carbocycles. The summed E-state index contributed by atoms with van der Waals surface area (Å²) in [5, 5.41) is 0. The summed E-state index contributed by atoms with van der Waals surface area (Å²) in [5.41, 5.74) is 0. The molecule has 1 aromatic carbocycles. The first-order chi connectivity index (χ1) is 7.83. The summed E-state index contributed by atoms with van der Waals surface area (Å²) < 4.78 is 15.1. The van der Waals surface area contributed by atoms with Crippen LogP contribution in [0.5, 0.6) is 5.75 Å². The Kier molecular flexibility index (Phi) is 6.22. The van der Waals surface area contributed by atoms with Crippen LogP contribution in [0.3, 0.4) is 0 Å². The zero-order valence-electron chi connectivity index (χ0n) is 9.35. The Morgan fingerprint density at radius 1 is 1.12 bits per heavy atom. The highest BCUT2D eigenvalue weighted by molar-refractivity contribution is 5.73. The molecule has 0 heterocycles. The lowest BCUT2D eigenvalue weighted by Crippen LogP contribution is -2.17. The van der Waals surface area contributed by atoms with Crippen LogP contribution in [0.25, 0.3) is 0 Å². The van der Waals surface area contributed by atoms with Crippen LogP contribution in [0.4, 0.5) is 0 Å². The second-order valence-corrected chi connectivity index (χ2v) is 3.04. The minimum Gasteiger partial charge on any atom is -0.425 e. The van der Waals surface area contributed by atoms with Crippen LogP contribution >= 0.6 is 0 Å². The second kappa shape index (κ2) is 7.84. The average molecular weight is 224 g/mol. The van der Waals surface area contributed by atoms with Gasteiger partial charge in [0.1, 0.15) is 12.4 Å². The average Bonchev–Trinajstić information content (AvgIpc) is 2.30. The van der Waals surface area contributed by atoms with E-state index < -0.39 is 5.97 Å². The lowest BCUT2D eigenvalue weighted by Gasteiger charge is -2.05. The third-order valence-electron chi connectivity index (χ3n) is 1.77. The van der Waals surface area contributed by atoms with Crippen molar-refractivity contribution in [1.82, 2.24) is 0 Å². The van der Waals surface area contributed by atoms with Crippen molar-refractivity contribution in [3.05, 3.63) is 30.3 Å². The maximum atomic E-state index is 11.3. The predicted octanol–water partition coefficient (Wildman–Crippen LogP) is 1.65. The highest BCUT2D eigenvalue weighted by Gasteiger charge is 2.03. The van der Waals surface area contributed by atoms with E-state index in [1.807, 2.05) is 13.0 Å². The largest absolute Gasteiger partial charge is 0.425 e. The summed E-state index contributed by atoms with van der Waals surface area (Å²) in [4.78, 5) is 11.3. The van der Waals surface area contributed by atoms with Crippen LogP contribution in [0.15, 0.2) is 30.3 Å². The molecule has 16 heavy (non-hydrogen) atoms. The van der Waals surface area contributed by atoms with Gasteiger partial charge in [0.2, 0.25) is 0 Å². The molecule has 0 radical (unpaired) electrons. The lowest BCUT2D eigenvalue weighted by atomic mass is 10.3. The highest BCUT2D eigenvalue weighted by atomic mass is 16.6. The summed E-state index contributed by atoms with van der Waals surface area (Å²) in [6.07, 6.45) is 0. The zero-order valence-corrected chi connectivity index (χ0v) is 9.35. The minimum atomic E-state index is -0.400. The zero-order chi connectivity index (χ0) is 11.6. The molecule has 88 valence electrons. The smallest absolute Gasteiger partial charge is 0.337 e. The van der Waals surface area contributed by atoms with Gasteiger partial charge in [0.25, 0.3) is 0 Å². The summed E-state index contributed by atoms with van der Waals surface area (Å²) in [7, 11) is 0. The van der Waals surface area contributed by atoms with Gasteiger partial charge < -0.3 is 14.2 Å². The molecule has 0 spiro atoms. The Hall–Kier alpha value is -1.39. The Balaban J connectivity index is 2.12. The Labute approximate surface area is 95.1 Å². The van der Waals surface area contributed by atoms with Crippen LogP contribution < -0.4 is 4.74 Å². The third-order valence-corrected chi connectivity index (χ3v) is 1.77. The van der Waals surface area contributed by atoms with E-state index in [0.717, 1.165) is 0 Å². The molecule has 0 aliphatic carbocycles. The van der Waals surface area contributed by atoms with Crippen LogP contribution in [-0.2, 0) is 14.3 Å². The molecule has 4 nitrogen and oxygen atoms in total. The van der Waals surface area contributed by atoms with E-state index >= 15 is 0 Å². The maximum absolute atomic E-state index is 11.3. The van der Waals surface area contributed by atoms with Crippen LogP contribution in [0.1, 0.15) is 6.92 Å². The van der Waals surface area contributed by atoms with Gasteiger partial charge in [-0.1, -0.05) is 18.2 Å². The van der Waals surface area contributed by atoms with Crippen molar-refractivity contribution in [2.75, 3.05) is 26.4 Å². The third kappa shape index (κ3) is 5.48. The van der Waals surface area contributed by atoms with Gasteiger partial charge in [-0.2, -0.15) is 0 Å². The number of hydrogen-bond donors (Lipinski definition) is 0. The Bertz CT molecular complexity index is 297. The lowest BCUT2D eigenvalue weighted by molar-refractivity contribution is -0.140. The topological polar surface area (TPSA) is 44.8 Å². The molecule has 0 aromatic heterocycles. The number of benzene rings is 1. The molecular weight excluding hydrogens is 208 g/mol. The molecule has 0 atom stereocenters. The Morgan fingerprint density at radius 2 is 1.81 bits per heavy atom. The van der Waals surface area contributed by atoms with Crippen molar-refractivity contribution in [2.24, 2.45) is 0 Å². The van der Waals surface area contributed by atoms with Crippen molar-refractivity contribution in [3.63, 3.8) is 0 Å². The van der Waals surface area contributed by atoms with Crippen LogP contribution in [0, 0.1) is 0 Å². The quantitative estimate of drug-likeness (QED) is 0.401. The van der Waals surface area contributed by atoms with Crippen molar-refractivity contribution >= 4 is 5.97 Å². The molecule has 0 fully saturated rings. The first kappa shape index (κ1) is 12.7. The van der Waals surface area contributed by atoms with Gasteiger partial charge in [-0.05, 0) is 19.1 Å². The van der Waals surface area contributed by atoms with E-state index in [1.54, 1.807) is 24.3 Å². The van der Waals surface area contributed by atoms with E-state index in [2.05, 4.69) is 0 Å². The molecule has 0 N–H and O–H groups in total. The molecule has 0 amide bonds. The molecule has 0 aliphatic heterocycles. The van der Waals surface area contributed by atoms with Gasteiger partial charge in [-0.3, -0.25) is 0 Å². The number of carbonyl (C=O) groups is 1. The first-order valence-corrected chi connectivity index (χ1v) is 5.24. The minimum absolute atomic E-state index is 0.0536. The summed E-state index contributed by atoms with van der Waals surface area (Å²) in [6, 6.07) is 8.91. The molecule has 0 unspecified atom stereocenters. The SMILES string of the molecule is CCOCCOCC(=O)Oc1ccccc1. The fourth-order valence-corrected chi connectivity index (χ4v) is 1.07. The molecule has 0 aliphatic rings. The number of rotatable bonds is 7. The fraction of sp³-hybridized carbons (Fsp3) is 0.417. The molecular formula is C12H16O4. The van der Waals surface area contributed by atoms with Crippen molar-refractivity contribution < 1.29 is 19.0 Å². The van der Waals surface area contributed by atoms with Gasteiger partial charge in [-0.25, -0.2) is 4.79 Å².